The second-order valence-corrected chi connectivity index (χ2v) is 4.18. The largest absolute Gasteiger partial charge is 0.399 e. The fraction of sp³-hybridized carbons (Fsp3) is 0.538. The van der Waals surface area contributed by atoms with Crippen molar-refractivity contribution in [3.63, 3.8) is 0 Å². The summed E-state index contributed by atoms with van der Waals surface area (Å²) < 4.78 is 0. The zero-order chi connectivity index (χ0) is 11.4. The number of hydrogen-bond acceptors (Lipinski definition) is 2. The number of nitrogens with zero attached hydrogens (tertiary/aromatic N) is 1. The lowest BCUT2D eigenvalue weighted by molar-refractivity contribution is 0.591. The smallest absolute Gasteiger partial charge is 0.0389 e. The van der Waals surface area contributed by atoms with E-state index in [1.54, 1.807) is 0 Å². The normalized spacial score (nSPS) is 10.7. The lowest BCUT2D eigenvalue weighted by Gasteiger charge is -2.29. The Morgan fingerprint density at radius 2 is 1.80 bits per heavy atom. The molecule has 0 bridgehead atoms. The van der Waals surface area contributed by atoms with E-state index in [9.17, 15) is 0 Å². The maximum atomic E-state index is 5.85. The standard InChI is InChI=1S/C13H22N2/c1-5-12(6-2)15(4)13-8-10(3)7-11(14)9-13/h7-9,12H,5-6,14H2,1-4H3. The highest BCUT2D eigenvalue weighted by molar-refractivity contribution is 5.58. The molecule has 2 nitrogen and oxygen atoms in total. The molecule has 0 heterocycles. The van der Waals surface area contributed by atoms with Crippen LogP contribution < -0.4 is 10.6 Å². The Bertz CT molecular complexity index is 296. The topological polar surface area (TPSA) is 29.3 Å². The van der Waals surface area contributed by atoms with Crippen molar-refractivity contribution in [2.24, 2.45) is 0 Å². The first-order chi connectivity index (χ1) is 7.08. The Kier molecular flexibility index (Phi) is 4.01. The maximum absolute atomic E-state index is 5.85. The summed E-state index contributed by atoms with van der Waals surface area (Å²) in [7, 11) is 2.14. The van der Waals surface area contributed by atoms with Crippen molar-refractivity contribution < 1.29 is 0 Å². The van der Waals surface area contributed by atoms with Crippen LogP contribution in [0.3, 0.4) is 0 Å². The predicted molar refractivity (Wildman–Crippen MR) is 68.4 cm³/mol. The minimum absolute atomic E-state index is 0.603. The zero-order valence-electron chi connectivity index (χ0n) is 10.2. The lowest BCUT2D eigenvalue weighted by atomic mass is 10.1. The quantitative estimate of drug-likeness (QED) is 0.766. The molecule has 2 N–H and O–H groups in total. The van der Waals surface area contributed by atoms with Gasteiger partial charge < -0.3 is 10.6 Å². The van der Waals surface area contributed by atoms with Gasteiger partial charge in [0.15, 0.2) is 0 Å². The third kappa shape index (κ3) is 2.88. The van der Waals surface area contributed by atoms with Gasteiger partial charge in [-0.05, 0) is 43.5 Å². The number of aryl methyl sites for hydroxylation is 1. The number of rotatable bonds is 4. The summed E-state index contributed by atoms with van der Waals surface area (Å²) in [5.41, 5.74) is 9.15. The van der Waals surface area contributed by atoms with Gasteiger partial charge in [0.1, 0.15) is 0 Å². The number of anilines is 2. The van der Waals surface area contributed by atoms with Crippen molar-refractivity contribution in [3.8, 4) is 0 Å². The fourth-order valence-corrected chi connectivity index (χ4v) is 2.04. The number of hydrogen-bond donors (Lipinski definition) is 1. The van der Waals surface area contributed by atoms with E-state index in [2.05, 4.69) is 38.8 Å². The molecule has 0 spiro atoms. The molecule has 1 aromatic rings. The molecule has 0 saturated carbocycles. The van der Waals surface area contributed by atoms with E-state index in [0.717, 1.165) is 5.69 Å². The summed E-state index contributed by atoms with van der Waals surface area (Å²) >= 11 is 0. The van der Waals surface area contributed by atoms with Crippen LogP contribution in [0.5, 0.6) is 0 Å². The monoisotopic (exact) mass is 206 g/mol. The second kappa shape index (κ2) is 5.06. The van der Waals surface area contributed by atoms with Gasteiger partial charge in [0.05, 0.1) is 0 Å². The van der Waals surface area contributed by atoms with Gasteiger partial charge in [-0.2, -0.15) is 0 Å². The van der Waals surface area contributed by atoms with Crippen molar-refractivity contribution in [2.45, 2.75) is 39.7 Å². The molecule has 0 atom stereocenters. The minimum atomic E-state index is 0.603. The van der Waals surface area contributed by atoms with E-state index >= 15 is 0 Å². The van der Waals surface area contributed by atoms with Crippen LogP contribution in [0.15, 0.2) is 18.2 Å². The first kappa shape index (κ1) is 11.9. The van der Waals surface area contributed by atoms with Crippen molar-refractivity contribution in [2.75, 3.05) is 17.7 Å². The third-order valence-electron chi connectivity index (χ3n) is 2.98. The summed E-state index contributed by atoms with van der Waals surface area (Å²) in [6.07, 6.45) is 2.34. The van der Waals surface area contributed by atoms with E-state index < -0.39 is 0 Å². The van der Waals surface area contributed by atoms with Crippen LogP contribution in [0.4, 0.5) is 11.4 Å². The van der Waals surface area contributed by atoms with E-state index in [-0.39, 0.29) is 0 Å². The molecule has 0 saturated heterocycles. The van der Waals surface area contributed by atoms with E-state index in [1.807, 2.05) is 12.1 Å². The van der Waals surface area contributed by atoms with Gasteiger partial charge in [-0.3, -0.25) is 0 Å². The first-order valence-corrected chi connectivity index (χ1v) is 5.68. The van der Waals surface area contributed by atoms with Crippen molar-refractivity contribution >= 4 is 11.4 Å². The lowest BCUT2D eigenvalue weighted by Crippen LogP contribution is -2.30. The van der Waals surface area contributed by atoms with Gasteiger partial charge in [0.2, 0.25) is 0 Å². The van der Waals surface area contributed by atoms with Gasteiger partial charge >= 0.3 is 0 Å². The predicted octanol–water partition coefficient (Wildman–Crippen LogP) is 3.20. The summed E-state index contributed by atoms with van der Waals surface area (Å²) in [6.45, 7) is 6.54. The zero-order valence-corrected chi connectivity index (χ0v) is 10.2. The molecule has 84 valence electrons. The van der Waals surface area contributed by atoms with Gasteiger partial charge in [-0.1, -0.05) is 13.8 Å². The SMILES string of the molecule is CCC(CC)N(C)c1cc(C)cc(N)c1. The van der Waals surface area contributed by atoms with Crippen LogP contribution in [0, 0.1) is 6.92 Å². The molecule has 1 rings (SSSR count). The summed E-state index contributed by atoms with van der Waals surface area (Å²) in [5.74, 6) is 0. The summed E-state index contributed by atoms with van der Waals surface area (Å²) in [6, 6.07) is 6.84. The van der Waals surface area contributed by atoms with E-state index in [1.165, 1.54) is 24.1 Å². The summed E-state index contributed by atoms with van der Waals surface area (Å²) in [4.78, 5) is 2.32. The van der Waals surface area contributed by atoms with Crippen LogP contribution in [-0.4, -0.2) is 13.1 Å². The van der Waals surface area contributed by atoms with Crippen LogP contribution in [0.25, 0.3) is 0 Å². The van der Waals surface area contributed by atoms with Crippen LogP contribution in [-0.2, 0) is 0 Å². The molecular formula is C13H22N2. The Balaban J connectivity index is 2.94. The Morgan fingerprint density at radius 1 is 1.20 bits per heavy atom. The molecule has 2 heteroatoms. The molecule has 0 aliphatic heterocycles. The number of nitrogen functional groups attached to an aromatic ring is 1. The van der Waals surface area contributed by atoms with Crippen LogP contribution >= 0.6 is 0 Å². The maximum Gasteiger partial charge on any atom is 0.0389 e. The molecule has 15 heavy (non-hydrogen) atoms. The van der Waals surface area contributed by atoms with Crippen molar-refractivity contribution in [1.29, 1.82) is 0 Å². The number of nitrogens with two attached hydrogens (primary N) is 1. The fourth-order valence-electron chi connectivity index (χ4n) is 2.04. The highest BCUT2D eigenvalue weighted by atomic mass is 15.1. The van der Waals surface area contributed by atoms with E-state index in [4.69, 9.17) is 5.73 Å². The van der Waals surface area contributed by atoms with E-state index in [0.29, 0.717) is 6.04 Å². The molecule has 1 aromatic carbocycles. The van der Waals surface area contributed by atoms with Gasteiger partial charge in [0, 0.05) is 24.5 Å². The van der Waals surface area contributed by atoms with Crippen molar-refractivity contribution in [1.82, 2.24) is 0 Å². The minimum Gasteiger partial charge on any atom is -0.399 e. The molecule has 0 unspecified atom stereocenters. The molecule has 0 aliphatic rings. The van der Waals surface area contributed by atoms with Gasteiger partial charge in [0.25, 0.3) is 0 Å². The second-order valence-electron chi connectivity index (χ2n) is 4.18. The van der Waals surface area contributed by atoms with Crippen molar-refractivity contribution in [3.05, 3.63) is 23.8 Å². The summed E-state index contributed by atoms with van der Waals surface area (Å²) in [5, 5.41) is 0. The number of benzene rings is 1. The average Bonchev–Trinajstić information content (AvgIpc) is 2.18. The molecule has 0 amide bonds. The molecular weight excluding hydrogens is 184 g/mol. The highest BCUT2D eigenvalue weighted by Gasteiger charge is 2.11. The van der Waals surface area contributed by atoms with Gasteiger partial charge in [-0.25, -0.2) is 0 Å². The average molecular weight is 206 g/mol. The highest BCUT2D eigenvalue weighted by Crippen LogP contribution is 2.22. The molecule has 0 fully saturated rings. The molecule has 0 aliphatic carbocycles. The Morgan fingerprint density at radius 3 is 2.27 bits per heavy atom. The molecule has 0 aromatic heterocycles. The van der Waals surface area contributed by atoms with Crippen LogP contribution in [0.2, 0.25) is 0 Å². The van der Waals surface area contributed by atoms with Crippen LogP contribution in [0.1, 0.15) is 32.3 Å². The third-order valence-corrected chi connectivity index (χ3v) is 2.98. The van der Waals surface area contributed by atoms with Gasteiger partial charge in [-0.15, -0.1) is 0 Å². The Labute approximate surface area is 93.1 Å². The Hall–Kier alpha value is -1.18. The molecule has 0 radical (unpaired) electrons. The first-order valence-electron chi connectivity index (χ1n) is 5.68.